The summed E-state index contributed by atoms with van der Waals surface area (Å²) in [7, 11) is 0. The molecule has 0 radical (unpaired) electrons. The first kappa shape index (κ1) is 22.8. The predicted molar refractivity (Wildman–Crippen MR) is 123 cm³/mol. The Morgan fingerprint density at radius 1 is 1.09 bits per heavy atom. The Morgan fingerprint density at radius 3 is 2.44 bits per heavy atom. The van der Waals surface area contributed by atoms with Crippen molar-refractivity contribution in [3.8, 4) is 0 Å². The number of urea groups is 1. The van der Waals surface area contributed by atoms with Crippen LogP contribution in [0, 0.1) is 18.3 Å². The predicted octanol–water partition coefficient (Wildman–Crippen LogP) is 2.78. The number of aryl methyl sites for hydroxylation is 1. The third-order valence-corrected chi connectivity index (χ3v) is 7.30. The second-order valence-corrected chi connectivity index (χ2v) is 10.8. The van der Waals surface area contributed by atoms with E-state index in [0.29, 0.717) is 31.8 Å². The largest absolute Gasteiger partial charge is 0.339 e. The highest BCUT2D eigenvalue weighted by Gasteiger charge is 2.56. The first-order valence-electron chi connectivity index (χ1n) is 11.8. The summed E-state index contributed by atoms with van der Waals surface area (Å²) < 4.78 is 0. The highest BCUT2D eigenvalue weighted by atomic mass is 16.2. The number of hydrogen-bond acceptors (Lipinski definition) is 4. The summed E-state index contributed by atoms with van der Waals surface area (Å²) in [5.74, 6) is -0.0298. The molecule has 1 aliphatic carbocycles. The topological polar surface area (TPSA) is 73.0 Å². The Kier molecular flexibility index (Phi) is 6.05. The van der Waals surface area contributed by atoms with Crippen molar-refractivity contribution in [1.29, 1.82) is 0 Å². The van der Waals surface area contributed by atoms with Crippen molar-refractivity contribution in [3.05, 3.63) is 35.4 Å². The molecule has 2 unspecified atom stereocenters. The van der Waals surface area contributed by atoms with Crippen molar-refractivity contribution in [2.45, 2.75) is 59.0 Å². The van der Waals surface area contributed by atoms with E-state index in [2.05, 4.69) is 56.1 Å². The molecule has 1 N–H and O–H groups in total. The van der Waals surface area contributed by atoms with Gasteiger partial charge in [-0.05, 0) is 48.6 Å². The van der Waals surface area contributed by atoms with Gasteiger partial charge in [-0.2, -0.15) is 0 Å². The number of imide groups is 1. The number of hydrogen-bond donors (Lipinski definition) is 1. The molecule has 3 fully saturated rings. The van der Waals surface area contributed by atoms with Gasteiger partial charge >= 0.3 is 6.03 Å². The van der Waals surface area contributed by atoms with Crippen LogP contribution in [0.15, 0.2) is 24.3 Å². The lowest BCUT2D eigenvalue weighted by Gasteiger charge is -2.43. The van der Waals surface area contributed by atoms with Crippen molar-refractivity contribution in [2.75, 3.05) is 32.7 Å². The molecule has 0 aromatic heterocycles. The molecular weight excluding hydrogens is 404 g/mol. The Bertz CT molecular complexity index is 906. The Hall–Kier alpha value is -2.41. The third kappa shape index (κ3) is 4.53. The van der Waals surface area contributed by atoms with E-state index >= 15 is 0 Å². The molecule has 4 rings (SSSR count). The van der Waals surface area contributed by atoms with Gasteiger partial charge in [0.15, 0.2) is 0 Å². The van der Waals surface area contributed by atoms with Crippen LogP contribution in [-0.4, -0.2) is 70.8 Å². The van der Waals surface area contributed by atoms with Crippen LogP contribution in [0.1, 0.15) is 51.2 Å². The van der Waals surface area contributed by atoms with Crippen LogP contribution in [0.4, 0.5) is 4.79 Å². The number of carbonyl (C=O) groups excluding carboxylic acids is 3. The van der Waals surface area contributed by atoms with Gasteiger partial charge in [0, 0.05) is 32.7 Å². The van der Waals surface area contributed by atoms with Gasteiger partial charge in [0.1, 0.15) is 12.1 Å². The van der Waals surface area contributed by atoms with E-state index in [9.17, 15) is 14.4 Å². The molecule has 7 heteroatoms. The molecular formula is C25H36N4O3. The summed E-state index contributed by atoms with van der Waals surface area (Å²) in [6.07, 6.45) is 2.30. The monoisotopic (exact) mass is 440 g/mol. The minimum Gasteiger partial charge on any atom is -0.339 e. The SMILES string of the molecule is Cc1ccccc1CN1CCN(C(=O)CN2C(=O)NC3(CC(C)CC(C)(C)C3)C2=O)CC1. The van der Waals surface area contributed by atoms with E-state index in [-0.39, 0.29) is 23.8 Å². The second-order valence-electron chi connectivity index (χ2n) is 10.8. The highest BCUT2D eigenvalue weighted by Crippen LogP contribution is 2.46. The number of rotatable bonds is 4. The summed E-state index contributed by atoms with van der Waals surface area (Å²) in [6, 6.07) is 7.94. The molecule has 2 heterocycles. The minimum atomic E-state index is -0.856. The zero-order chi connectivity index (χ0) is 23.1. The summed E-state index contributed by atoms with van der Waals surface area (Å²) >= 11 is 0. The summed E-state index contributed by atoms with van der Waals surface area (Å²) in [5.41, 5.74) is 1.71. The zero-order valence-corrected chi connectivity index (χ0v) is 19.8. The first-order valence-corrected chi connectivity index (χ1v) is 11.8. The molecule has 1 aromatic rings. The Morgan fingerprint density at radius 2 is 1.78 bits per heavy atom. The van der Waals surface area contributed by atoms with Crippen molar-refractivity contribution in [2.24, 2.45) is 11.3 Å². The maximum atomic E-state index is 13.3. The van der Waals surface area contributed by atoms with Gasteiger partial charge in [-0.15, -0.1) is 0 Å². The molecule has 1 spiro atoms. The van der Waals surface area contributed by atoms with Crippen molar-refractivity contribution in [3.63, 3.8) is 0 Å². The maximum absolute atomic E-state index is 13.3. The number of benzene rings is 1. The fourth-order valence-corrected chi connectivity index (χ4v) is 6.07. The van der Waals surface area contributed by atoms with E-state index in [1.54, 1.807) is 4.90 Å². The highest BCUT2D eigenvalue weighted by molar-refractivity contribution is 6.09. The summed E-state index contributed by atoms with van der Waals surface area (Å²) in [5, 5.41) is 2.96. The lowest BCUT2D eigenvalue weighted by molar-refractivity contribution is -0.141. The van der Waals surface area contributed by atoms with Crippen LogP contribution < -0.4 is 5.32 Å². The summed E-state index contributed by atoms with van der Waals surface area (Å²) in [4.78, 5) is 44.2. The average Bonchev–Trinajstić information content (AvgIpc) is 2.92. The molecule has 174 valence electrons. The molecule has 0 bridgehead atoms. The molecule has 4 amide bonds. The van der Waals surface area contributed by atoms with E-state index < -0.39 is 11.6 Å². The van der Waals surface area contributed by atoms with Crippen LogP contribution >= 0.6 is 0 Å². The van der Waals surface area contributed by atoms with Gasteiger partial charge < -0.3 is 10.2 Å². The van der Waals surface area contributed by atoms with Gasteiger partial charge in [-0.25, -0.2) is 4.79 Å². The number of amides is 4. The van der Waals surface area contributed by atoms with Crippen LogP contribution in [0.3, 0.4) is 0 Å². The molecule has 7 nitrogen and oxygen atoms in total. The van der Waals surface area contributed by atoms with Crippen LogP contribution in [-0.2, 0) is 16.1 Å². The Labute approximate surface area is 191 Å². The van der Waals surface area contributed by atoms with Crippen LogP contribution in [0.25, 0.3) is 0 Å². The lowest BCUT2D eigenvalue weighted by atomic mass is 9.64. The van der Waals surface area contributed by atoms with Crippen LogP contribution in [0.5, 0.6) is 0 Å². The molecule has 1 saturated carbocycles. The van der Waals surface area contributed by atoms with Gasteiger partial charge in [-0.3, -0.25) is 19.4 Å². The molecule has 32 heavy (non-hydrogen) atoms. The smallest absolute Gasteiger partial charge is 0.325 e. The average molecular weight is 441 g/mol. The van der Waals surface area contributed by atoms with Crippen LogP contribution in [0.2, 0.25) is 0 Å². The normalized spacial score (nSPS) is 28.3. The van der Waals surface area contributed by atoms with Gasteiger partial charge in [-0.1, -0.05) is 45.0 Å². The first-order chi connectivity index (χ1) is 15.1. The van der Waals surface area contributed by atoms with E-state index in [0.717, 1.165) is 31.0 Å². The molecule has 2 atom stereocenters. The zero-order valence-electron chi connectivity index (χ0n) is 19.8. The standard InChI is InChI=1S/C25H36N4O3/c1-18-13-24(3,4)17-25(14-18)22(31)29(23(32)26-25)16-21(30)28-11-9-27(10-12-28)15-20-8-6-5-7-19(20)2/h5-8,18H,9-17H2,1-4H3,(H,26,32). The number of nitrogens with one attached hydrogen (secondary N) is 1. The molecule has 3 aliphatic rings. The van der Waals surface area contributed by atoms with E-state index in [4.69, 9.17) is 0 Å². The van der Waals surface area contributed by atoms with Crippen molar-refractivity contribution < 1.29 is 14.4 Å². The molecule has 2 saturated heterocycles. The maximum Gasteiger partial charge on any atom is 0.325 e. The number of nitrogens with zero attached hydrogens (tertiary/aromatic N) is 3. The minimum absolute atomic E-state index is 0.0198. The quantitative estimate of drug-likeness (QED) is 0.731. The molecule has 2 aliphatic heterocycles. The number of piperazine rings is 1. The van der Waals surface area contributed by atoms with E-state index in [1.165, 1.54) is 11.1 Å². The fraction of sp³-hybridized carbons (Fsp3) is 0.640. The fourth-order valence-electron chi connectivity index (χ4n) is 6.07. The van der Waals surface area contributed by atoms with Gasteiger partial charge in [0.05, 0.1) is 0 Å². The van der Waals surface area contributed by atoms with Crippen molar-refractivity contribution in [1.82, 2.24) is 20.0 Å². The summed E-state index contributed by atoms with van der Waals surface area (Å²) in [6.45, 7) is 12.1. The lowest BCUT2D eigenvalue weighted by Crippen LogP contribution is -2.55. The second kappa shape index (κ2) is 8.50. The van der Waals surface area contributed by atoms with Gasteiger partial charge in [0.25, 0.3) is 5.91 Å². The number of carbonyl (C=O) groups is 3. The third-order valence-electron chi connectivity index (χ3n) is 7.30. The van der Waals surface area contributed by atoms with Gasteiger partial charge in [0.2, 0.25) is 5.91 Å². The molecule has 1 aromatic carbocycles. The van der Waals surface area contributed by atoms with Crippen molar-refractivity contribution >= 4 is 17.8 Å². The Balaban J connectivity index is 1.34. The van der Waals surface area contributed by atoms with E-state index in [1.807, 2.05) is 6.07 Å².